The van der Waals surface area contributed by atoms with Crippen molar-refractivity contribution in [1.29, 1.82) is 0 Å². The second kappa shape index (κ2) is 6.49. The summed E-state index contributed by atoms with van der Waals surface area (Å²) in [5.41, 5.74) is 2.30. The van der Waals surface area contributed by atoms with Crippen molar-refractivity contribution in [2.75, 3.05) is 25.1 Å². The van der Waals surface area contributed by atoms with Crippen molar-refractivity contribution < 1.29 is 23.0 Å². The molecule has 162 valence electrons. The summed E-state index contributed by atoms with van der Waals surface area (Å²) < 4.78 is 40.7. The first-order valence-corrected chi connectivity index (χ1v) is 10.4. The SMILES string of the molecule is CCOc1cc2nc(C3C4COCC43)cn2cc1NC(=O)c1ccn(C2CC2(F)F)n1. The van der Waals surface area contributed by atoms with Gasteiger partial charge in [-0.05, 0) is 24.8 Å². The van der Waals surface area contributed by atoms with Crippen molar-refractivity contribution in [3.05, 3.63) is 42.1 Å². The number of amides is 1. The fraction of sp³-hybridized carbons (Fsp3) is 0.476. The molecule has 1 amide bonds. The van der Waals surface area contributed by atoms with Crippen molar-refractivity contribution in [2.45, 2.75) is 31.2 Å². The zero-order valence-corrected chi connectivity index (χ0v) is 16.8. The minimum atomic E-state index is -2.75. The quantitative estimate of drug-likeness (QED) is 0.651. The van der Waals surface area contributed by atoms with Crippen LogP contribution in [0.1, 0.15) is 41.5 Å². The Morgan fingerprint density at radius 2 is 2.13 bits per heavy atom. The molecule has 8 nitrogen and oxygen atoms in total. The van der Waals surface area contributed by atoms with Gasteiger partial charge in [-0.25, -0.2) is 13.8 Å². The molecule has 0 aromatic carbocycles. The number of ether oxygens (including phenoxy) is 2. The zero-order valence-electron chi connectivity index (χ0n) is 16.8. The lowest BCUT2D eigenvalue weighted by Gasteiger charge is -2.11. The summed E-state index contributed by atoms with van der Waals surface area (Å²) in [6.45, 7) is 3.85. The van der Waals surface area contributed by atoms with Gasteiger partial charge in [0.15, 0.2) is 5.69 Å². The number of pyridine rings is 1. The van der Waals surface area contributed by atoms with E-state index in [-0.39, 0.29) is 12.1 Å². The molecular weight excluding hydrogens is 408 g/mol. The Morgan fingerprint density at radius 3 is 2.84 bits per heavy atom. The van der Waals surface area contributed by atoms with Crippen LogP contribution < -0.4 is 10.1 Å². The third-order valence-corrected chi connectivity index (χ3v) is 6.37. The molecule has 0 radical (unpaired) electrons. The highest BCUT2D eigenvalue weighted by atomic mass is 19.3. The summed E-state index contributed by atoms with van der Waals surface area (Å²) in [5.74, 6) is -1.23. The van der Waals surface area contributed by atoms with E-state index < -0.39 is 17.9 Å². The largest absolute Gasteiger partial charge is 0.491 e. The van der Waals surface area contributed by atoms with E-state index in [1.165, 1.54) is 12.3 Å². The van der Waals surface area contributed by atoms with Crippen LogP contribution in [0.25, 0.3) is 5.65 Å². The van der Waals surface area contributed by atoms with Crippen LogP contribution in [-0.4, -0.2) is 50.8 Å². The number of halogens is 2. The van der Waals surface area contributed by atoms with Crippen molar-refractivity contribution in [3.8, 4) is 5.75 Å². The van der Waals surface area contributed by atoms with Gasteiger partial charge in [-0.3, -0.25) is 9.48 Å². The first-order chi connectivity index (χ1) is 14.9. The van der Waals surface area contributed by atoms with E-state index in [9.17, 15) is 13.6 Å². The van der Waals surface area contributed by atoms with E-state index >= 15 is 0 Å². The first kappa shape index (κ1) is 18.7. The Balaban J connectivity index is 1.26. The molecule has 3 fully saturated rings. The summed E-state index contributed by atoms with van der Waals surface area (Å²) in [6.07, 6.45) is 4.90. The van der Waals surface area contributed by atoms with Crippen LogP contribution >= 0.6 is 0 Å². The summed E-state index contributed by atoms with van der Waals surface area (Å²) in [6, 6.07) is 2.26. The molecule has 0 spiro atoms. The molecule has 31 heavy (non-hydrogen) atoms. The molecule has 0 bridgehead atoms. The molecule has 2 aliphatic carbocycles. The number of hydrogen-bond donors (Lipinski definition) is 1. The number of nitrogens with zero attached hydrogens (tertiary/aromatic N) is 4. The maximum atomic E-state index is 13.3. The van der Waals surface area contributed by atoms with Gasteiger partial charge >= 0.3 is 0 Å². The molecule has 10 heteroatoms. The van der Waals surface area contributed by atoms with Crippen LogP contribution in [0.2, 0.25) is 0 Å². The molecular formula is C21H21F2N5O3. The summed E-state index contributed by atoms with van der Waals surface area (Å²) in [5, 5.41) is 6.82. The van der Waals surface area contributed by atoms with E-state index in [0.29, 0.717) is 35.8 Å². The van der Waals surface area contributed by atoms with Crippen molar-refractivity contribution in [3.63, 3.8) is 0 Å². The Kier molecular flexibility index (Phi) is 3.92. The molecule has 3 aromatic heterocycles. The maximum Gasteiger partial charge on any atom is 0.276 e. The van der Waals surface area contributed by atoms with Crippen molar-refractivity contribution >= 4 is 17.2 Å². The molecule has 1 N–H and O–H groups in total. The summed E-state index contributed by atoms with van der Waals surface area (Å²) in [7, 11) is 0. The van der Waals surface area contributed by atoms with Gasteiger partial charge in [-0.2, -0.15) is 5.10 Å². The standard InChI is InChI=1S/C21H21F2N5O3/c1-2-31-16-5-18-24-15(19-11-9-30-10-12(11)19)8-27(18)7-14(16)25-20(29)13-3-4-28(26-13)17-6-21(17,22)23/h3-5,7-8,11-12,17,19H,2,6,9-10H2,1H3,(H,25,29). The van der Waals surface area contributed by atoms with E-state index in [2.05, 4.69) is 10.4 Å². The van der Waals surface area contributed by atoms with Gasteiger partial charge in [0.1, 0.15) is 23.1 Å². The van der Waals surface area contributed by atoms with Gasteiger partial charge in [-0.15, -0.1) is 0 Å². The third-order valence-electron chi connectivity index (χ3n) is 6.37. The van der Waals surface area contributed by atoms with Gasteiger partial charge in [0.2, 0.25) is 0 Å². The van der Waals surface area contributed by atoms with Crippen molar-refractivity contribution in [2.24, 2.45) is 11.8 Å². The van der Waals surface area contributed by atoms with Gasteiger partial charge in [0.05, 0.1) is 25.5 Å². The predicted octanol–water partition coefficient (Wildman–Crippen LogP) is 3.12. The Bertz CT molecular complexity index is 1180. The Labute approximate surface area is 176 Å². The fourth-order valence-corrected chi connectivity index (χ4v) is 4.55. The number of alkyl halides is 2. The lowest BCUT2D eigenvalue weighted by Crippen LogP contribution is -2.15. The highest BCUT2D eigenvalue weighted by molar-refractivity contribution is 6.03. The normalized spacial score (nSPS) is 27.8. The molecule has 3 aromatic rings. The fourth-order valence-electron chi connectivity index (χ4n) is 4.55. The van der Waals surface area contributed by atoms with E-state index in [4.69, 9.17) is 14.5 Å². The summed E-state index contributed by atoms with van der Waals surface area (Å²) in [4.78, 5) is 17.5. The monoisotopic (exact) mass is 429 g/mol. The zero-order chi connectivity index (χ0) is 21.3. The van der Waals surface area contributed by atoms with Gasteiger partial charge in [0, 0.05) is 37.0 Å². The van der Waals surface area contributed by atoms with Crippen LogP contribution in [0.15, 0.2) is 30.7 Å². The summed E-state index contributed by atoms with van der Waals surface area (Å²) >= 11 is 0. The topological polar surface area (TPSA) is 82.7 Å². The molecule has 3 aliphatic rings. The van der Waals surface area contributed by atoms with Crippen molar-refractivity contribution in [1.82, 2.24) is 19.2 Å². The first-order valence-electron chi connectivity index (χ1n) is 10.4. The number of nitrogens with one attached hydrogen (secondary N) is 1. The maximum absolute atomic E-state index is 13.3. The smallest absolute Gasteiger partial charge is 0.276 e. The van der Waals surface area contributed by atoms with E-state index in [1.807, 2.05) is 17.5 Å². The van der Waals surface area contributed by atoms with E-state index in [1.54, 1.807) is 12.3 Å². The minimum absolute atomic E-state index is 0.0716. The number of aromatic nitrogens is 4. The lowest BCUT2D eigenvalue weighted by atomic mass is 10.2. The number of carbonyl (C=O) groups is 1. The van der Waals surface area contributed by atoms with Crippen LogP contribution in [0, 0.1) is 11.8 Å². The highest BCUT2D eigenvalue weighted by Crippen LogP contribution is 2.57. The number of carbonyl (C=O) groups excluding carboxylic acids is 1. The number of anilines is 1. The molecule has 3 unspecified atom stereocenters. The van der Waals surface area contributed by atoms with E-state index in [0.717, 1.165) is 29.2 Å². The third kappa shape index (κ3) is 3.08. The van der Waals surface area contributed by atoms with Gasteiger partial charge in [-0.1, -0.05) is 0 Å². The second-order valence-corrected chi connectivity index (χ2v) is 8.42. The van der Waals surface area contributed by atoms with Gasteiger partial charge < -0.3 is 19.2 Å². The number of rotatable bonds is 6. The molecule has 1 saturated heterocycles. The predicted molar refractivity (Wildman–Crippen MR) is 106 cm³/mol. The average Bonchev–Trinajstić information content (AvgIpc) is 3.29. The van der Waals surface area contributed by atoms with Crippen LogP contribution in [0.5, 0.6) is 5.75 Å². The molecule has 3 atom stereocenters. The molecule has 2 saturated carbocycles. The minimum Gasteiger partial charge on any atom is -0.491 e. The van der Waals surface area contributed by atoms with Crippen LogP contribution in [0.4, 0.5) is 14.5 Å². The lowest BCUT2D eigenvalue weighted by molar-refractivity contribution is 0.0966. The number of imidazole rings is 1. The molecule has 4 heterocycles. The molecule has 1 aliphatic heterocycles. The Hall–Kier alpha value is -3.01. The second-order valence-electron chi connectivity index (χ2n) is 8.42. The van der Waals surface area contributed by atoms with Gasteiger partial charge in [0.25, 0.3) is 11.8 Å². The van der Waals surface area contributed by atoms with Crippen LogP contribution in [0.3, 0.4) is 0 Å². The number of fused-ring (bicyclic) bond motifs is 2. The Morgan fingerprint density at radius 1 is 1.35 bits per heavy atom. The molecule has 6 rings (SSSR count). The number of hydrogen-bond acceptors (Lipinski definition) is 5. The van der Waals surface area contributed by atoms with Crippen LogP contribution in [-0.2, 0) is 4.74 Å². The average molecular weight is 429 g/mol. The highest BCUT2D eigenvalue weighted by Gasteiger charge is 2.59.